The topological polar surface area (TPSA) is 114 Å². The van der Waals surface area contributed by atoms with Crippen molar-refractivity contribution in [3.8, 4) is 5.75 Å². The molecule has 4 amide bonds. The summed E-state index contributed by atoms with van der Waals surface area (Å²) in [6, 6.07) is 6.07. The Labute approximate surface area is 157 Å². The molecule has 1 atom stereocenters. The van der Waals surface area contributed by atoms with Crippen LogP contribution >= 0.6 is 23.1 Å². The van der Waals surface area contributed by atoms with Gasteiger partial charge in [0.25, 0.3) is 5.91 Å². The number of urea groups is 1. The number of nitrogens with one attached hydrogen (secondary N) is 2. The molecule has 1 fully saturated rings. The maximum Gasteiger partial charge on any atom is 0.344 e. The molecule has 0 saturated carbocycles. The van der Waals surface area contributed by atoms with Crippen molar-refractivity contribution in [1.29, 1.82) is 0 Å². The van der Waals surface area contributed by atoms with E-state index >= 15 is 0 Å². The summed E-state index contributed by atoms with van der Waals surface area (Å²) in [5.41, 5.74) is 3.19. The van der Waals surface area contributed by atoms with E-state index in [1.165, 1.54) is 30.2 Å². The Morgan fingerprint density at radius 2 is 2.12 bits per heavy atom. The zero-order valence-electron chi connectivity index (χ0n) is 13.9. The zero-order chi connectivity index (χ0) is 18.7. The van der Waals surface area contributed by atoms with E-state index in [0.29, 0.717) is 20.7 Å². The minimum Gasteiger partial charge on any atom is -0.497 e. The first-order valence-electron chi connectivity index (χ1n) is 7.43. The number of ether oxygens (including phenoxy) is 1. The van der Waals surface area contributed by atoms with Crippen LogP contribution in [0.2, 0.25) is 0 Å². The van der Waals surface area contributed by atoms with Crippen LogP contribution in [-0.4, -0.2) is 45.9 Å². The summed E-state index contributed by atoms with van der Waals surface area (Å²) in [4.78, 5) is 37.0. The summed E-state index contributed by atoms with van der Waals surface area (Å²) in [6.45, 7) is 1.58. The van der Waals surface area contributed by atoms with Gasteiger partial charge >= 0.3 is 6.03 Å². The third-order valence-corrected chi connectivity index (χ3v) is 5.62. The number of hydrazine groups is 1. The smallest absolute Gasteiger partial charge is 0.344 e. The van der Waals surface area contributed by atoms with Crippen LogP contribution in [0.5, 0.6) is 5.75 Å². The van der Waals surface area contributed by atoms with Gasteiger partial charge in [-0.3, -0.25) is 15.0 Å². The largest absolute Gasteiger partial charge is 0.497 e. The van der Waals surface area contributed by atoms with Gasteiger partial charge in [0, 0.05) is 0 Å². The van der Waals surface area contributed by atoms with Crippen LogP contribution in [0.1, 0.15) is 12.5 Å². The molecule has 26 heavy (non-hydrogen) atoms. The minimum absolute atomic E-state index is 0.00546. The monoisotopic (exact) mass is 393 g/mol. The molecule has 2 aromatic rings. The van der Waals surface area contributed by atoms with Crippen molar-refractivity contribution in [1.82, 2.24) is 25.9 Å². The van der Waals surface area contributed by atoms with Gasteiger partial charge in [0.1, 0.15) is 16.8 Å². The van der Waals surface area contributed by atoms with E-state index in [9.17, 15) is 14.4 Å². The molecule has 1 aromatic heterocycles. The number of aromatic nitrogens is 2. The fraction of sp³-hybridized carbons (Fsp3) is 0.267. The van der Waals surface area contributed by atoms with E-state index in [2.05, 4.69) is 20.9 Å². The first-order chi connectivity index (χ1) is 12.4. The fourth-order valence-corrected chi connectivity index (χ4v) is 3.65. The molecule has 2 N–H and O–H groups in total. The van der Waals surface area contributed by atoms with Crippen molar-refractivity contribution in [2.45, 2.75) is 16.8 Å². The number of amides is 4. The molecule has 1 aliphatic rings. The van der Waals surface area contributed by atoms with Gasteiger partial charge < -0.3 is 10.1 Å². The standard InChI is InChI=1S/C15H15N5O4S2/c1-15(9-3-5-10(24-2)6-4-9)12(22)20(13(23)17-15)19-11(21)7-25-14-18-16-8-26-14/h3-6,8H,7H2,1-2H3,(H,17,23)(H,19,21)/t15-/m1/s1. The summed E-state index contributed by atoms with van der Waals surface area (Å²) in [5, 5.41) is 10.8. The highest BCUT2D eigenvalue weighted by Crippen LogP contribution is 2.29. The third-order valence-electron chi connectivity index (χ3n) is 3.76. The number of hydrogen-bond acceptors (Lipinski definition) is 8. The molecule has 1 saturated heterocycles. The number of nitrogens with zero attached hydrogens (tertiary/aromatic N) is 3. The van der Waals surface area contributed by atoms with Gasteiger partial charge in [-0.2, -0.15) is 5.01 Å². The van der Waals surface area contributed by atoms with Gasteiger partial charge in [-0.25, -0.2) is 4.79 Å². The maximum absolute atomic E-state index is 12.7. The molecule has 0 unspecified atom stereocenters. The minimum atomic E-state index is -1.27. The number of hydrogen-bond donors (Lipinski definition) is 2. The van der Waals surface area contributed by atoms with Gasteiger partial charge in [-0.1, -0.05) is 35.2 Å². The van der Waals surface area contributed by atoms with E-state index in [1.807, 2.05) is 0 Å². The molecule has 9 nitrogen and oxygen atoms in total. The molecular formula is C15H15N5O4S2. The Morgan fingerprint density at radius 1 is 1.38 bits per heavy atom. The van der Waals surface area contributed by atoms with Crippen LogP contribution in [-0.2, 0) is 15.1 Å². The molecule has 3 rings (SSSR count). The lowest BCUT2D eigenvalue weighted by Gasteiger charge is -2.22. The highest BCUT2D eigenvalue weighted by molar-refractivity contribution is 8.01. The predicted octanol–water partition coefficient (Wildman–Crippen LogP) is 1.14. The number of carbonyl (C=O) groups excluding carboxylic acids is 3. The van der Waals surface area contributed by atoms with Crippen LogP contribution in [0.15, 0.2) is 34.1 Å². The van der Waals surface area contributed by atoms with Crippen LogP contribution < -0.4 is 15.5 Å². The van der Waals surface area contributed by atoms with E-state index in [1.54, 1.807) is 36.7 Å². The summed E-state index contributed by atoms with van der Waals surface area (Å²) >= 11 is 2.47. The lowest BCUT2D eigenvalue weighted by atomic mass is 9.92. The Hall–Kier alpha value is -2.66. The molecule has 11 heteroatoms. The second-order valence-corrected chi connectivity index (χ2v) is 7.51. The number of benzene rings is 1. The van der Waals surface area contributed by atoms with Crippen molar-refractivity contribution in [2.75, 3.05) is 12.9 Å². The Bertz CT molecular complexity index is 827. The zero-order valence-corrected chi connectivity index (χ0v) is 15.5. The lowest BCUT2D eigenvalue weighted by Crippen LogP contribution is -2.48. The van der Waals surface area contributed by atoms with E-state index in [0.717, 1.165) is 0 Å². The number of thioether (sulfide) groups is 1. The molecule has 0 aliphatic carbocycles. The van der Waals surface area contributed by atoms with Gasteiger partial charge in [-0.15, -0.1) is 10.2 Å². The maximum atomic E-state index is 12.7. The quantitative estimate of drug-likeness (QED) is 0.559. The Morgan fingerprint density at radius 3 is 2.73 bits per heavy atom. The molecule has 0 radical (unpaired) electrons. The summed E-state index contributed by atoms with van der Waals surface area (Å²) < 4.78 is 5.72. The van der Waals surface area contributed by atoms with Crippen molar-refractivity contribution in [2.24, 2.45) is 0 Å². The van der Waals surface area contributed by atoms with Crippen molar-refractivity contribution < 1.29 is 19.1 Å². The number of carbonyl (C=O) groups is 3. The van der Waals surface area contributed by atoms with Gasteiger partial charge in [0.05, 0.1) is 12.9 Å². The summed E-state index contributed by atoms with van der Waals surface area (Å²) in [5.74, 6) is -0.423. The molecule has 1 aliphatic heterocycles. The average Bonchev–Trinajstić information content (AvgIpc) is 3.23. The van der Waals surface area contributed by atoms with Crippen LogP contribution in [0.25, 0.3) is 0 Å². The van der Waals surface area contributed by atoms with Crippen LogP contribution in [0.3, 0.4) is 0 Å². The predicted molar refractivity (Wildman–Crippen MR) is 94.5 cm³/mol. The van der Waals surface area contributed by atoms with Crippen molar-refractivity contribution >= 4 is 40.9 Å². The SMILES string of the molecule is COc1ccc([C@@]2(C)NC(=O)N(NC(=O)CSc3nncs3)C2=O)cc1. The Balaban J connectivity index is 1.68. The molecule has 0 spiro atoms. The summed E-state index contributed by atoms with van der Waals surface area (Å²) in [6.07, 6.45) is 0. The van der Waals surface area contributed by atoms with Crippen LogP contribution in [0, 0.1) is 0 Å². The third kappa shape index (κ3) is 3.48. The fourth-order valence-electron chi connectivity index (χ4n) is 2.37. The van der Waals surface area contributed by atoms with Gasteiger partial charge in [-0.05, 0) is 24.6 Å². The van der Waals surface area contributed by atoms with E-state index in [-0.39, 0.29) is 5.75 Å². The van der Waals surface area contributed by atoms with Crippen LogP contribution in [0.4, 0.5) is 4.79 Å². The first-order valence-corrected chi connectivity index (χ1v) is 9.30. The highest BCUT2D eigenvalue weighted by atomic mass is 32.2. The lowest BCUT2D eigenvalue weighted by molar-refractivity contribution is -0.138. The van der Waals surface area contributed by atoms with E-state index < -0.39 is 23.4 Å². The number of methoxy groups -OCH3 is 1. The van der Waals surface area contributed by atoms with Crippen molar-refractivity contribution in [3.63, 3.8) is 0 Å². The highest BCUT2D eigenvalue weighted by Gasteiger charge is 2.50. The molecule has 1 aromatic carbocycles. The number of rotatable bonds is 6. The number of imide groups is 1. The van der Waals surface area contributed by atoms with E-state index in [4.69, 9.17) is 4.74 Å². The van der Waals surface area contributed by atoms with Gasteiger partial charge in [0.2, 0.25) is 5.91 Å². The molecule has 0 bridgehead atoms. The molecule has 2 heterocycles. The van der Waals surface area contributed by atoms with Gasteiger partial charge in [0.15, 0.2) is 4.34 Å². The normalized spacial score (nSPS) is 19.4. The first kappa shape index (κ1) is 18.1. The Kier molecular flexibility index (Phi) is 5.09. The second kappa shape index (κ2) is 7.30. The summed E-state index contributed by atoms with van der Waals surface area (Å²) in [7, 11) is 1.54. The molecular weight excluding hydrogens is 378 g/mol. The van der Waals surface area contributed by atoms with Crippen molar-refractivity contribution in [3.05, 3.63) is 35.3 Å². The second-order valence-electron chi connectivity index (χ2n) is 5.45. The average molecular weight is 393 g/mol. The molecule has 136 valence electrons.